The maximum absolute atomic E-state index is 11.0. The summed E-state index contributed by atoms with van der Waals surface area (Å²) in [7, 11) is 1.08. The molecule has 1 aromatic carbocycles. The molecule has 144 valence electrons. The van der Waals surface area contributed by atoms with Crippen molar-refractivity contribution in [3.63, 3.8) is 0 Å². The van der Waals surface area contributed by atoms with Crippen LogP contribution in [0.2, 0.25) is 0 Å². The molecule has 26 heavy (non-hydrogen) atoms. The number of hydrogen-bond donors (Lipinski definition) is 0. The zero-order valence-electron chi connectivity index (χ0n) is 16.7. The van der Waals surface area contributed by atoms with E-state index in [0.717, 1.165) is 36.9 Å². The second kappa shape index (κ2) is 8.91. The van der Waals surface area contributed by atoms with Gasteiger partial charge in [-0.3, -0.25) is 4.79 Å². The van der Waals surface area contributed by atoms with Crippen molar-refractivity contribution < 1.29 is 23.6 Å². The number of rotatable bonds is 9. The highest BCUT2D eigenvalue weighted by atomic mass is 16.7. The second-order valence-electron chi connectivity index (χ2n) is 7.75. The van der Waals surface area contributed by atoms with Crippen LogP contribution in [0.25, 0.3) is 0 Å². The van der Waals surface area contributed by atoms with Crippen molar-refractivity contribution in [2.75, 3.05) is 13.7 Å². The van der Waals surface area contributed by atoms with Gasteiger partial charge in [-0.05, 0) is 58.1 Å². The third-order valence-electron chi connectivity index (χ3n) is 5.18. The zero-order valence-corrected chi connectivity index (χ0v) is 16.7. The highest BCUT2D eigenvalue weighted by Gasteiger charge is 2.51. The molecule has 1 aromatic rings. The second-order valence-corrected chi connectivity index (χ2v) is 7.75. The molecule has 2 rings (SSSR count). The van der Waals surface area contributed by atoms with Crippen LogP contribution in [0.15, 0.2) is 24.3 Å². The molecule has 0 radical (unpaired) electrons. The van der Waals surface area contributed by atoms with Crippen LogP contribution >= 0.6 is 0 Å². The molecule has 0 aliphatic carbocycles. The van der Waals surface area contributed by atoms with Crippen LogP contribution in [0.5, 0.6) is 5.75 Å². The Morgan fingerprint density at radius 1 is 0.962 bits per heavy atom. The minimum absolute atomic E-state index is 0.136. The number of methoxy groups -OCH3 is 1. The van der Waals surface area contributed by atoms with E-state index in [9.17, 15) is 4.79 Å². The molecular weight excluding hydrogens is 331 g/mol. The smallest absolute Gasteiger partial charge is 0.494 e. The fraction of sp³-hybridized carbons (Fsp3) is 0.650. The minimum atomic E-state index is -0.344. The summed E-state index contributed by atoms with van der Waals surface area (Å²) < 4.78 is 22.5. The molecule has 1 fully saturated rings. The lowest BCUT2D eigenvalue weighted by molar-refractivity contribution is -0.140. The normalized spacial score (nSPS) is 18.0. The van der Waals surface area contributed by atoms with E-state index in [2.05, 4.69) is 32.4 Å². The van der Waals surface area contributed by atoms with Gasteiger partial charge in [0, 0.05) is 6.42 Å². The summed E-state index contributed by atoms with van der Waals surface area (Å²) in [5, 5.41) is 0. The first-order valence-electron chi connectivity index (χ1n) is 9.40. The predicted molar refractivity (Wildman–Crippen MR) is 103 cm³/mol. The van der Waals surface area contributed by atoms with E-state index in [-0.39, 0.29) is 24.3 Å². The Hall–Kier alpha value is -1.53. The molecule has 1 aliphatic heterocycles. The van der Waals surface area contributed by atoms with E-state index < -0.39 is 0 Å². The van der Waals surface area contributed by atoms with E-state index in [1.807, 2.05) is 24.3 Å². The van der Waals surface area contributed by atoms with Crippen molar-refractivity contribution >= 4 is 18.6 Å². The minimum Gasteiger partial charge on any atom is -0.494 e. The molecule has 0 aromatic heterocycles. The zero-order chi connectivity index (χ0) is 19.2. The highest BCUT2D eigenvalue weighted by molar-refractivity contribution is 6.62. The van der Waals surface area contributed by atoms with Crippen LogP contribution < -0.4 is 10.2 Å². The molecule has 1 saturated heterocycles. The number of carbonyl (C=O) groups is 1. The molecule has 0 atom stereocenters. The molecule has 1 heterocycles. The van der Waals surface area contributed by atoms with Crippen LogP contribution in [-0.4, -0.2) is 38.0 Å². The largest absolute Gasteiger partial charge is 0.494 e. The number of unbranched alkanes of at least 4 members (excludes halogenated alkanes) is 3. The Morgan fingerprint density at radius 3 is 2.12 bits per heavy atom. The molecule has 0 N–H and O–H groups in total. The molecule has 6 heteroatoms. The van der Waals surface area contributed by atoms with E-state index >= 15 is 0 Å². The number of esters is 1. The highest BCUT2D eigenvalue weighted by Crippen LogP contribution is 2.36. The summed E-state index contributed by atoms with van der Waals surface area (Å²) in [6.45, 7) is 8.88. The first-order valence-corrected chi connectivity index (χ1v) is 9.40. The van der Waals surface area contributed by atoms with Crippen molar-refractivity contribution in [3.05, 3.63) is 24.3 Å². The van der Waals surface area contributed by atoms with Crippen molar-refractivity contribution in [2.45, 2.75) is 71.0 Å². The van der Waals surface area contributed by atoms with E-state index in [0.29, 0.717) is 13.0 Å². The first-order chi connectivity index (χ1) is 12.2. The van der Waals surface area contributed by atoms with Crippen molar-refractivity contribution in [3.8, 4) is 5.75 Å². The molecule has 0 saturated carbocycles. The van der Waals surface area contributed by atoms with E-state index in [1.165, 1.54) is 7.11 Å². The summed E-state index contributed by atoms with van der Waals surface area (Å²) in [5.74, 6) is 0.711. The first kappa shape index (κ1) is 20.8. The van der Waals surface area contributed by atoms with E-state index in [4.69, 9.17) is 14.0 Å². The Kier molecular flexibility index (Phi) is 7.12. The van der Waals surface area contributed by atoms with E-state index in [1.54, 1.807) is 0 Å². The molecule has 5 nitrogen and oxygen atoms in total. The molecule has 1 aliphatic rings. The molecule has 0 bridgehead atoms. The Bertz CT molecular complexity index is 566. The number of carbonyl (C=O) groups excluding carboxylic acids is 1. The fourth-order valence-corrected chi connectivity index (χ4v) is 2.72. The lowest BCUT2D eigenvalue weighted by Gasteiger charge is -2.32. The van der Waals surface area contributed by atoms with Crippen molar-refractivity contribution in [1.82, 2.24) is 0 Å². The quantitative estimate of drug-likeness (QED) is 0.382. The van der Waals surface area contributed by atoms with Crippen LogP contribution in [0, 0.1) is 0 Å². The molecule has 0 unspecified atom stereocenters. The number of benzene rings is 1. The number of hydrogen-bond acceptors (Lipinski definition) is 5. The third-order valence-corrected chi connectivity index (χ3v) is 5.18. The lowest BCUT2D eigenvalue weighted by atomic mass is 9.79. The Balaban J connectivity index is 1.69. The SMILES string of the molecule is COC(=O)CCCCCCOc1ccc(B2OC(C)(C)C(C)(C)O2)cc1. The van der Waals surface area contributed by atoms with Gasteiger partial charge in [0.25, 0.3) is 0 Å². The van der Waals surface area contributed by atoms with Gasteiger partial charge < -0.3 is 18.8 Å². The summed E-state index contributed by atoms with van der Waals surface area (Å²) in [6, 6.07) is 7.90. The average molecular weight is 362 g/mol. The van der Waals surface area contributed by atoms with Crippen molar-refractivity contribution in [2.24, 2.45) is 0 Å². The van der Waals surface area contributed by atoms with Crippen LogP contribution in [0.4, 0.5) is 0 Å². The van der Waals surface area contributed by atoms with Gasteiger partial charge in [0.15, 0.2) is 0 Å². The average Bonchev–Trinajstić information content (AvgIpc) is 2.82. The maximum atomic E-state index is 11.0. The molecular formula is C20H31BO5. The topological polar surface area (TPSA) is 54.0 Å². The summed E-state index contributed by atoms with van der Waals surface area (Å²) >= 11 is 0. The summed E-state index contributed by atoms with van der Waals surface area (Å²) in [5.41, 5.74) is 0.334. The van der Waals surface area contributed by atoms with Crippen LogP contribution in [-0.2, 0) is 18.8 Å². The van der Waals surface area contributed by atoms with Gasteiger partial charge in [-0.25, -0.2) is 0 Å². The summed E-state index contributed by atoms with van der Waals surface area (Å²) in [4.78, 5) is 11.0. The van der Waals surface area contributed by atoms with Gasteiger partial charge in [0.2, 0.25) is 0 Å². The molecule has 0 spiro atoms. The van der Waals surface area contributed by atoms with Gasteiger partial charge in [-0.15, -0.1) is 0 Å². The van der Waals surface area contributed by atoms with Gasteiger partial charge in [0.1, 0.15) is 5.75 Å². The maximum Gasteiger partial charge on any atom is 0.494 e. The van der Waals surface area contributed by atoms with Gasteiger partial charge in [-0.1, -0.05) is 25.0 Å². The monoisotopic (exact) mass is 362 g/mol. The van der Waals surface area contributed by atoms with Crippen LogP contribution in [0.3, 0.4) is 0 Å². The standard InChI is InChI=1S/C20H31BO5/c1-19(2)20(3,4)26-21(25-19)16-11-13-17(14-12-16)24-15-9-7-6-8-10-18(22)23-5/h11-14H,6-10,15H2,1-5H3. The van der Waals surface area contributed by atoms with Crippen LogP contribution in [0.1, 0.15) is 59.8 Å². The Labute approximate surface area is 157 Å². The molecule has 0 amide bonds. The fourth-order valence-electron chi connectivity index (χ4n) is 2.72. The third kappa shape index (κ3) is 5.48. The lowest BCUT2D eigenvalue weighted by Crippen LogP contribution is -2.41. The van der Waals surface area contributed by atoms with Crippen molar-refractivity contribution in [1.29, 1.82) is 0 Å². The number of ether oxygens (including phenoxy) is 2. The summed E-state index contributed by atoms with van der Waals surface area (Å²) in [6.07, 6.45) is 4.40. The predicted octanol–water partition coefficient (Wildman–Crippen LogP) is 3.49. The van der Waals surface area contributed by atoms with Gasteiger partial charge >= 0.3 is 13.1 Å². The Morgan fingerprint density at radius 2 is 1.54 bits per heavy atom. The van der Waals surface area contributed by atoms with Gasteiger partial charge in [0.05, 0.1) is 24.9 Å². The van der Waals surface area contributed by atoms with Gasteiger partial charge in [-0.2, -0.15) is 0 Å².